The summed E-state index contributed by atoms with van der Waals surface area (Å²) >= 11 is 0. The van der Waals surface area contributed by atoms with Crippen molar-refractivity contribution in [3.8, 4) is 0 Å². The van der Waals surface area contributed by atoms with Crippen LogP contribution in [0.4, 0.5) is 0 Å². The van der Waals surface area contributed by atoms with Crippen molar-refractivity contribution >= 4 is 29.9 Å². The lowest BCUT2D eigenvalue weighted by atomic mass is 10.00. The van der Waals surface area contributed by atoms with Gasteiger partial charge in [-0.25, -0.2) is 0 Å². The standard InChI is InChI=1S/C21H30N6.HI/c1-22-21(27-11-8-19(16-27)20-13-24-25(2)14-20)23-9-12-26-10-7-17-5-3-4-6-18(17)15-26;/h3-6,13-14,19H,7-12,15-16H2,1-2H3,(H,22,23);1H. The normalized spacial score (nSPS) is 20.0. The highest BCUT2D eigenvalue weighted by molar-refractivity contribution is 14.0. The van der Waals surface area contributed by atoms with Gasteiger partial charge >= 0.3 is 0 Å². The van der Waals surface area contributed by atoms with E-state index >= 15 is 0 Å². The Morgan fingerprint density at radius 1 is 1.25 bits per heavy atom. The molecule has 28 heavy (non-hydrogen) atoms. The summed E-state index contributed by atoms with van der Waals surface area (Å²) in [5.74, 6) is 1.58. The van der Waals surface area contributed by atoms with Gasteiger partial charge in [0.1, 0.15) is 0 Å². The van der Waals surface area contributed by atoms with Crippen molar-refractivity contribution in [3.05, 3.63) is 53.3 Å². The number of likely N-dealkylation sites (tertiary alicyclic amines) is 1. The number of hydrogen-bond donors (Lipinski definition) is 1. The van der Waals surface area contributed by atoms with Crippen molar-refractivity contribution in [1.29, 1.82) is 0 Å². The zero-order valence-electron chi connectivity index (χ0n) is 16.8. The number of guanidine groups is 1. The zero-order valence-corrected chi connectivity index (χ0v) is 19.2. The number of rotatable bonds is 4. The van der Waals surface area contributed by atoms with E-state index in [2.05, 4.69) is 55.7 Å². The first-order chi connectivity index (χ1) is 13.2. The van der Waals surface area contributed by atoms with Gasteiger partial charge in [-0.15, -0.1) is 24.0 Å². The summed E-state index contributed by atoms with van der Waals surface area (Å²) in [6.07, 6.45) is 6.45. The average Bonchev–Trinajstić information content (AvgIpc) is 3.34. The van der Waals surface area contributed by atoms with Crippen LogP contribution in [0.5, 0.6) is 0 Å². The molecule has 4 rings (SSSR count). The fourth-order valence-electron chi connectivity index (χ4n) is 4.28. The Balaban J connectivity index is 0.00000225. The van der Waals surface area contributed by atoms with Crippen LogP contribution in [-0.4, -0.2) is 65.3 Å². The van der Waals surface area contributed by atoms with Crippen molar-refractivity contribution in [3.63, 3.8) is 0 Å². The van der Waals surface area contributed by atoms with Gasteiger partial charge < -0.3 is 10.2 Å². The first-order valence-electron chi connectivity index (χ1n) is 9.96. The molecule has 2 aromatic rings. The van der Waals surface area contributed by atoms with E-state index < -0.39 is 0 Å². The molecule has 1 fully saturated rings. The van der Waals surface area contributed by atoms with Gasteiger partial charge in [0.2, 0.25) is 0 Å². The number of nitrogens with zero attached hydrogens (tertiary/aromatic N) is 5. The van der Waals surface area contributed by atoms with Crippen LogP contribution in [0.25, 0.3) is 0 Å². The number of aromatic nitrogens is 2. The summed E-state index contributed by atoms with van der Waals surface area (Å²) < 4.78 is 1.89. The van der Waals surface area contributed by atoms with E-state index in [4.69, 9.17) is 0 Å². The molecule has 1 aromatic carbocycles. The van der Waals surface area contributed by atoms with Crippen molar-refractivity contribution in [2.75, 3.05) is 39.8 Å². The monoisotopic (exact) mass is 494 g/mol. The molecule has 2 aliphatic heterocycles. The van der Waals surface area contributed by atoms with Gasteiger partial charge in [-0.3, -0.25) is 14.6 Å². The van der Waals surface area contributed by atoms with Crippen molar-refractivity contribution in [2.24, 2.45) is 12.0 Å². The minimum atomic E-state index is 0. The van der Waals surface area contributed by atoms with E-state index in [1.54, 1.807) is 0 Å². The highest BCUT2D eigenvalue weighted by Crippen LogP contribution is 2.26. The van der Waals surface area contributed by atoms with E-state index in [-0.39, 0.29) is 24.0 Å². The molecule has 0 aliphatic carbocycles. The molecule has 3 heterocycles. The Labute approximate surface area is 185 Å². The van der Waals surface area contributed by atoms with Crippen LogP contribution in [0.2, 0.25) is 0 Å². The molecule has 1 atom stereocenters. The summed E-state index contributed by atoms with van der Waals surface area (Å²) in [5.41, 5.74) is 4.32. The second-order valence-electron chi connectivity index (χ2n) is 7.65. The van der Waals surface area contributed by atoms with Crippen LogP contribution >= 0.6 is 24.0 Å². The molecule has 0 radical (unpaired) electrons. The molecule has 7 heteroatoms. The molecule has 0 spiro atoms. The predicted octanol–water partition coefficient (Wildman–Crippen LogP) is 2.46. The van der Waals surface area contributed by atoms with E-state index in [9.17, 15) is 0 Å². The zero-order chi connectivity index (χ0) is 18.6. The number of hydrogen-bond acceptors (Lipinski definition) is 3. The number of aryl methyl sites for hydroxylation is 1. The Morgan fingerprint density at radius 3 is 2.82 bits per heavy atom. The summed E-state index contributed by atoms with van der Waals surface area (Å²) in [6, 6.07) is 8.82. The quantitative estimate of drug-likeness (QED) is 0.403. The van der Waals surface area contributed by atoms with Crippen LogP contribution in [0.15, 0.2) is 41.7 Å². The Morgan fingerprint density at radius 2 is 2.07 bits per heavy atom. The lowest BCUT2D eigenvalue weighted by Gasteiger charge is -2.29. The Kier molecular flexibility index (Phi) is 7.34. The third kappa shape index (κ3) is 4.86. The highest BCUT2D eigenvalue weighted by atomic mass is 127. The van der Waals surface area contributed by atoms with Gasteiger partial charge in [-0.2, -0.15) is 5.10 Å². The minimum absolute atomic E-state index is 0. The first kappa shape index (κ1) is 21.1. The SMILES string of the molecule is CN=C(NCCN1CCc2ccccc2C1)N1CCC(c2cnn(C)c2)C1.I. The summed E-state index contributed by atoms with van der Waals surface area (Å²) in [7, 11) is 3.87. The van der Waals surface area contributed by atoms with Crippen molar-refractivity contribution in [1.82, 2.24) is 24.9 Å². The maximum atomic E-state index is 4.51. The maximum Gasteiger partial charge on any atom is 0.193 e. The lowest BCUT2D eigenvalue weighted by Crippen LogP contribution is -2.44. The second-order valence-corrected chi connectivity index (χ2v) is 7.65. The first-order valence-corrected chi connectivity index (χ1v) is 9.96. The molecular weight excluding hydrogens is 463 g/mol. The summed E-state index contributed by atoms with van der Waals surface area (Å²) in [6.45, 7) is 6.25. The third-order valence-corrected chi connectivity index (χ3v) is 5.82. The van der Waals surface area contributed by atoms with Gasteiger partial charge in [0.15, 0.2) is 5.96 Å². The number of aliphatic imine (C=N–C) groups is 1. The van der Waals surface area contributed by atoms with Gasteiger partial charge in [-0.1, -0.05) is 24.3 Å². The molecular formula is C21H31IN6. The van der Waals surface area contributed by atoms with E-state index in [0.29, 0.717) is 5.92 Å². The predicted molar refractivity (Wildman–Crippen MR) is 124 cm³/mol. The lowest BCUT2D eigenvalue weighted by molar-refractivity contribution is 0.257. The second kappa shape index (κ2) is 9.73. The number of halogens is 1. The van der Waals surface area contributed by atoms with Gasteiger partial charge in [-0.05, 0) is 29.5 Å². The largest absolute Gasteiger partial charge is 0.355 e. The van der Waals surface area contributed by atoms with Crippen LogP contribution < -0.4 is 5.32 Å². The van der Waals surface area contributed by atoms with Crippen LogP contribution in [0.1, 0.15) is 29.0 Å². The minimum Gasteiger partial charge on any atom is -0.355 e. The van der Waals surface area contributed by atoms with Crippen molar-refractivity contribution < 1.29 is 0 Å². The van der Waals surface area contributed by atoms with Crippen molar-refractivity contribution in [2.45, 2.75) is 25.3 Å². The fraction of sp³-hybridized carbons (Fsp3) is 0.524. The molecule has 1 saturated heterocycles. The van der Waals surface area contributed by atoms with Crippen LogP contribution in [-0.2, 0) is 20.0 Å². The summed E-state index contributed by atoms with van der Waals surface area (Å²) in [5, 5.41) is 7.89. The topological polar surface area (TPSA) is 48.7 Å². The van der Waals surface area contributed by atoms with Gasteiger partial charge in [0, 0.05) is 65.5 Å². The number of nitrogens with one attached hydrogen (secondary N) is 1. The number of benzene rings is 1. The molecule has 0 bridgehead atoms. The molecule has 6 nitrogen and oxygen atoms in total. The molecule has 0 saturated carbocycles. The molecule has 0 amide bonds. The number of fused-ring (bicyclic) bond motifs is 1. The Bertz CT molecular complexity index is 802. The van der Waals surface area contributed by atoms with Gasteiger partial charge in [0.05, 0.1) is 6.20 Å². The smallest absolute Gasteiger partial charge is 0.193 e. The fourth-order valence-corrected chi connectivity index (χ4v) is 4.28. The molecule has 1 N–H and O–H groups in total. The molecule has 2 aliphatic rings. The molecule has 1 unspecified atom stereocenters. The Hall–Kier alpha value is -1.61. The maximum absolute atomic E-state index is 4.51. The van der Waals surface area contributed by atoms with E-state index in [0.717, 1.165) is 58.1 Å². The third-order valence-electron chi connectivity index (χ3n) is 5.82. The molecule has 1 aromatic heterocycles. The van der Waals surface area contributed by atoms with Crippen LogP contribution in [0.3, 0.4) is 0 Å². The van der Waals surface area contributed by atoms with E-state index in [1.807, 2.05) is 25.0 Å². The van der Waals surface area contributed by atoms with E-state index in [1.165, 1.54) is 16.7 Å². The average molecular weight is 494 g/mol. The van der Waals surface area contributed by atoms with Gasteiger partial charge in [0.25, 0.3) is 0 Å². The summed E-state index contributed by atoms with van der Waals surface area (Å²) in [4.78, 5) is 9.43. The highest BCUT2D eigenvalue weighted by Gasteiger charge is 2.27. The molecule has 152 valence electrons. The van der Waals surface area contributed by atoms with Crippen LogP contribution in [0, 0.1) is 0 Å².